The predicted molar refractivity (Wildman–Crippen MR) is 79.0 cm³/mol. The first kappa shape index (κ1) is 15.5. The fourth-order valence-corrected chi connectivity index (χ4v) is 2.27. The smallest absolute Gasteiger partial charge is 0.123 e. The standard InChI is InChI=1S/C16H20FN3O/c1-11(20-12(2)15-10-18-7-8-19-15)9-16(21)13-3-5-14(17)6-4-13/h3-8,10-12,16,20-21H,9H2,1-2H3. The monoisotopic (exact) mass is 289 g/mol. The summed E-state index contributed by atoms with van der Waals surface area (Å²) in [6.45, 7) is 4.00. The molecule has 1 aromatic carbocycles. The van der Waals surface area contributed by atoms with Crippen LogP contribution in [-0.2, 0) is 0 Å². The van der Waals surface area contributed by atoms with Crippen LogP contribution < -0.4 is 5.32 Å². The van der Waals surface area contributed by atoms with E-state index < -0.39 is 6.10 Å². The quantitative estimate of drug-likeness (QED) is 0.858. The number of nitrogens with one attached hydrogen (secondary N) is 1. The number of rotatable bonds is 6. The molecule has 1 aromatic heterocycles. The minimum absolute atomic E-state index is 0.0501. The maximum Gasteiger partial charge on any atom is 0.123 e. The van der Waals surface area contributed by atoms with Gasteiger partial charge in [0.15, 0.2) is 0 Å². The molecule has 0 saturated carbocycles. The van der Waals surface area contributed by atoms with Gasteiger partial charge in [-0.05, 0) is 38.0 Å². The van der Waals surface area contributed by atoms with Crippen molar-refractivity contribution < 1.29 is 9.50 Å². The average molecular weight is 289 g/mol. The van der Waals surface area contributed by atoms with Gasteiger partial charge < -0.3 is 10.4 Å². The molecule has 21 heavy (non-hydrogen) atoms. The minimum Gasteiger partial charge on any atom is -0.388 e. The van der Waals surface area contributed by atoms with Crippen LogP contribution in [0.3, 0.4) is 0 Å². The Morgan fingerprint density at radius 2 is 1.90 bits per heavy atom. The van der Waals surface area contributed by atoms with Gasteiger partial charge in [-0.3, -0.25) is 9.97 Å². The Kier molecular flexibility index (Phi) is 5.36. The first-order valence-electron chi connectivity index (χ1n) is 7.01. The zero-order valence-electron chi connectivity index (χ0n) is 12.2. The molecule has 0 spiro atoms. The molecule has 0 aliphatic heterocycles. The third kappa shape index (κ3) is 4.58. The lowest BCUT2D eigenvalue weighted by molar-refractivity contribution is 0.151. The van der Waals surface area contributed by atoms with Gasteiger partial charge >= 0.3 is 0 Å². The van der Waals surface area contributed by atoms with E-state index >= 15 is 0 Å². The number of benzene rings is 1. The van der Waals surface area contributed by atoms with Crippen LogP contribution in [0.15, 0.2) is 42.9 Å². The molecule has 5 heteroatoms. The van der Waals surface area contributed by atoms with Gasteiger partial charge in [0.25, 0.3) is 0 Å². The van der Waals surface area contributed by atoms with Gasteiger partial charge in [-0.25, -0.2) is 4.39 Å². The summed E-state index contributed by atoms with van der Waals surface area (Å²) in [5, 5.41) is 13.5. The highest BCUT2D eigenvalue weighted by molar-refractivity contribution is 5.18. The topological polar surface area (TPSA) is 58.0 Å². The molecule has 0 saturated heterocycles. The first-order valence-corrected chi connectivity index (χ1v) is 7.01. The van der Waals surface area contributed by atoms with Gasteiger partial charge in [-0.1, -0.05) is 12.1 Å². The molecule has 0 amide bonds. The van der Waals surface area contributed by atoms with Crippen molar-refractivity contribution in [1.29, 1.82) is 0 Å². The van der Waals surface area contributed by atoms with Crippen LogP contribution in [0.1, 0.15) is 43.7 Å². The van der Waals surface area contributed by atoms with E-state index in [1.807, 2.05) is 13.8 Å². The number of nitrogens with zero attached hydrogens (tertiary/aromatic N) is 2. The highest BCUT2D eigenvalue weighted by Crippen LogP contribution is 2.20. The Morgan fingerprint density at radius 3 is 2.52 bits per heavy atom. The molecule has 0 bridgehead atoms. The highest BCUT2D eigenvalue weighted by atomic mass is 19.1. The fourth-order valence-electron chi connectivity index (χ4n) is 2.27. The SMILES string of the molecule is CC(CC(O)c1ccc(F)cc1)NC(C)c1cnccn1. The Bertz CT molecular complexity index is 547. The summed E-state index contributed by atoms with van der Waals surface area (Å²) < 4.78 is 12.9. The molecule has 2 aromatic rings. The molecule has 1 heterocycles. The molecular weight excluding hydrogens is 269 g/mol. The highest BCUT2D eigenvalue weighted by Gasteiger charge is 2.15. The van der Waals surface area contributed by atoms with Crippen LogP contribution in [0.4, 0.5) is 4.39 Å². The van der Waals surface area contributed by atoms with E-state index in [-0.39, 0.29) is 17.9 Å². The molecule has 2 rings (SSSR count). The summed E-state index contributed by atoms with van der Waals surface area (Å²) >= 11 is 0. The van der Waals surface area contributed by atoms with E-state index in [0.29, 0.717) is 6.42 Å². The maximum absolute atomic E-state index is 12.9. The van der Waals surface area contributed by atoms with Crippen LogP contribution in [-0.4, -0.2) is 21.1 Å². The second-order valence-corrected chi connectivity index (χ2v) is 5.22. The Morgan fingerprint density at radius 1 is 1.19 bits per heavy atom. The van der Waals surface area contributed by atoms with Crippen molar-refractivity contribution in [3.63, 3.8) is 0 Å². The number of aliphatic hydroxyl groups excluding tert-OH is 1. The molecule has 0 aliphatic carbocycles. The van der Waals surface area contributed by atoms with Crippen molar-refractivity contribution in [3.8, 4) is 0 Å². The van der Waals surface area contributed by atoms with Crippen molar-refractivity contribution in [1.82, 2.24) is 15.3 Å². The van der Waals surface area contributed by atoms with Crippen molar-refractivity contribution >= 4 is 0 Å². The number of hydrogen-bond donors (Lipinski definition) is 2. The third-order valence-electron chi connectivity index (χ3n) is 3.39. The van der Waals surface area contributed by atoms with E-state index in [1.54, 1.807) is 30.7 Å². The Hall–Kier alpha value is -1.85. The molecular formula is C16H20FN3O. The summed E-state index contributed by atoms with van der Waals surface area (Å²) in [6, 6.07) is 6.08. The van der Waals surface area contributed by atoms with Crippen LogP contribution in [0.5, 0.6) is 0 Å². The molecule has 3 atom stereocenters. The minimum atomic E-state index is -0.623. The Labute approximate surface area is 124 Å². The summed E-state index contributed by atoms with van der Waals surface area (Å²) in [7, 11) is 0. The lowest BCUT2D eigenvalue weighted by atomic mass is 10.0. The van der Waals surface area contributed by atoms with Gasteiger partial charge in [-0.2, -0.15) is 0 Å². The van der Waals surface area contributed by atoms with Gasteiger partial charge in [0.2, 0.25) is 0 Å². The molecule has 2 N–H and O–H groups in total. The first-order chi connectivity index (χ1) is 10.1. The van der Waals surface area contributed by atoms with Crippen LogP contribution in [0.2, 0.25) is 0 Å². The predicted octanol–water partition coefficient (Wildman–Crippen LogP) is 2.78. The van der Waals surface area contributed by atoms with E-state index in [0.717, 1.165) is 11.3 Å². The summed E-state index contributed by atoms with van der Waals surface area (Å²) in [6.07, 6.45) is 4.93. The normalized spacial score (nSPS) is 15.4. The van der Waals surface area contributed by atoms with Crippen molar-refractivity contribution in [2.45, 2.75) is 38.5 Å². The summed E-state index contributed by atoms with van der Waals surface area (Å²) in [4.78, 5) is 8.29. The maximum atomic E-state index is 12.9. The van der Waals surface area contributed by atoms with Crippen LogP contribution in [0, 0.1) is 5.82 Å². The fraction of sp³-hybridized carbons (Fsp3) is 0.375. The number of aromatic nitrogens is 2. The third-order valence-corrected chi connectivity index (χ3v) is 3.39. The van der Waals surface area contributed by atoms with E-state index in [2.05, 4.69) is 15.3 Å². The van der Waals surface area contributed by atoms with Crippen molar-refractivity contribution in [2.75, 3.05) is 0 Å². The van der Waals surface area contributed by atoms with Gasteiger partial charge in [0.1, 0.15) is 5.82 Å². The molecule has 0 radical (unpaired) electrons. The van der Waals surface area contributed by atoms with E-state index in [9.17, 15) is 9.50 Å². The zero-order valence-corrected chi connectivity index (χ0v) is 12.2. The van der Waals surface area contributed by atoms with E-state index in [1.165, 1.54) is 12.1 Å². The van der Waals surface area contributed by atoms with E-state index in [4.69, 9.17) is 0 Å². The molecule has 112 valence electrons. The van der Waals surface area contributed by atoms with Crippen molar-refractivity contribution in [2.24, 2.45) is 0 Å². The average Bonchev–Trinajstić information content (AvgIpc) is 2.48. The number of aliphatic hydroxyl groups is 1. The van der Waals surface area contributed by atoms with Gasteiger partial charge in [0.05, 0.1) is 11.8 Å². The molecule has 0 fully saturated rings. The molecule has 4 nitrogen and oxygen atoms in total. The van der Waals surface area contributed by atoms with Gasteiger partial charge in [-0.15, -0.1) is 0 Å². The number of hydrogen-bond acceptors (Lipinski definition) is 4. The van der Waals surface area contributed by atoms with Crippen molar-refractivity contribution in [3.05, 3.63) is 59.9 Å². The summed E-state index contributed by atoms with van der Waals surface area (Å²) in [5.74, 6) is -0.298. The second kappa shape index (κ2) is 7.24. The molecule has 0 aliphatic rings. The van der Waals surface area contributed by atoms with Crippen LogP contribution >= 0.6 is 0 Å². The molecule has 3 unspecified atom stereocenters. The second-order valence-electron chi connectivity index (χ2n) is 5.22. The lowest BCUT2D eigenvalue weighted by Gasteiger charge is -2.22. The zero-order chi connectivity index (χ0) is 15.2. The van der Waals surface area contributed by atoms with Crippen LogP contribution in [0.25, 0.3) is 0 Å². The number of halogens is 1. The lowest BCUT2D eigenvalue weighted by Crippen LogP contribution is -2.31. The summed E-state index contributed by atoms with van der Waals surface area (Å²) in [5.41, 5.74) is 1.58. The largest absolute Gasteiger partial charge is 0.388 e. The van der Waals surface area contributed by atoms with Gasteiger partial charge in [0, 0.05) is 30.7 Å². The Balaban J connectivity index is 1.89.